The molecule has 8 heteroatoms. The largest absolute Gasteiger partial charge is 0.481 e. The normalized spacial score (nSPS) is 10.7. The fraction of sp³-hybridized carbons (Fsp3) is 0.737. The van der Waals surface area contributed by atoms with Crippen LogP contribution in [0.5, 0.6) is 0 Å². The molecule has 0 aliphatic heterocycles. The average molecular weight is 380 g/mol. The zero-order valence-corrected chi connectivity index (χ0v) is 16.2. The first kappa shape index (κ1) is 22.8. The second kappa shape index (κ2) is 13.9. The van der Waals surface area contributed by atoms with Crippen LogP contribution in [0.1, 0.15) is 82.8 Å². The van der Waals surface area contributed by atoms with Crippen LogP contribution in [-0.2, 0) is 22.4 Å². The molecule has 0 aliphatic carbocycles. The lowest BCUT2D eigenvalue weighted by Gasteiger charge is -2.08. The molecule has 0 radical (unpaired) electrons. The number of anilines is 1. The predicted octanol–water partition coefficient (Wildman–Crippen LogP) is 3.46. The molecule has 27 heavy (non-hydrogen) atoms. The SMILES string of the molecule is CCCCCCCCCCCCNc1nc(CC(=O)O)nc(CC(=O)O)n1. The smallest absolute Gasteiger partial charge is 0.311 e. The van der Waals surface area contributed by atoms with Crippen molar-refractivity contribution >= 4 is 17.9 Å². The molecule has 0 fully saturated rings. The number of nitrogens with zero attached hydrogens (tertiary/aromatic N) is 3. The van der Waals surface area contributed by atoms with E-state index in [9.17, 15) is 9.59 Å². The van der Waals surface area contributed by atoms with Crippen LogP contribution in [0.2, 0.25) is 0 Å². The lowest BCUT2D eigenvalue weighted by Crippen LogP contribution is -2.15. The van der Waals surface area contributed by atoms with Crippen molar-refractivity contribution in [2.45, 2.75) is 84.0 Å². The molecule has 0 saturated carbocycles. The Hall–Kier alpha value is -2.25. The summed E-state index contributed by atoms with van der Waals surface area (Å²) in [6.45, 7) is 2.89. The third-order valence-electron chi connectivity index (χ3n) is 4.16. The number of carboxylic acids is 2. The van der Waals surface area contributed by atoms with Crippen molar-refractivity contribution in [2.24, 2.45) is 0 Å². The molecule has 0 saturated heterocycles. The van der Waals surface area contributed by atoms with Gasteiger partial charge in [-0.3, -0.25) is 9.59 Å². The fourth-order valence-electron chi connectivity index (χ4n) is 2.79. The number of hydrogen-bond donors (Lipinski definition) is 3. The molecule has 0 unspecified atom stereocenters. The minimum absolute atomic E-state index is 0.0688. The van der Waals surface area contributed by atoms with Gasteiger partial charge in [-0.1, -0.05) is 64.7 Å². The topological polar surface area (TPSA) is 125 Å². The van der Waals surface area contributed by atoms with Gasteiger partial charge in [0.25, 0.3) is 0 Å². The summed E-state index contributed by atoms with van der Waals surface area (Å²) in [6.07, 6.45) is 11.7. The van der Waals surface area contributed by atoms with E-state index in [0.717, 1.165) is 12.8 Å². The molecule has 0 bridgehead atoms. The number of aliphatic carboxylic acids is 2. The summed E-state index contributed by atoms with van der Waals surface area (Å²) in [6, 6.07) is 0. The van der Waals surface area contributed by atoms with E-state index in [4.69, 9.17) is 10.2 Å². The van der Waals surface area contributed by atoms with Gasteiger partial charge in [-0.15, -0.1) is 0 Å². The summed E-state index contributed by atoms with van der Waals surface area (Å²) in [4.78, 5) is 33.7. The van der Waals surface area contributed by atoms with Crippen molar-refractivity contribution in [3.05, 3.63) is 11.6 Å². The van der Waals surface area contributed by atoms with Crippen LogP contribution < -0.4 is 5.32 Å². The van der Waals surface area contributed by atoms with Crippen LogP contribution in [0.25, 0.3) is 0 Å². The molecule has 1 aromatic heterocycles. The maximum Gasteiger partial charge on any atom is 0.311 e. The lowest BCUT2D eigenvalue weighted by molar-refractivity contribution is -0.137. The molecule has 1 heterocycles. The van der Waals surface area contributed by atoms with Crippen molar-refractivity contribution in [1.29, 1.82) is 0 Å². The van der Waals surface area contributed by atoms with Crippen molar-refractivity contribution in [3.63, 3.8) is 0 Å². The predicted molar refractivity (Wildman–Crippen MR) is 103 cm³/mol. The molecule has 0 aliphatic rings. The quantitative estimate of drug-likeness (QED) is 0.372. The number of rotatable bonds is 16. The van der Waals surface area contributed by atoms with Gasteiger partial charge in [0.15, 0.2) is 0 Å². The van der Waals surface area contributed by atoms with E-state index in [-0.39, 0.29) is 30.4 Å². The van der Waals surface area contributed by atoms with Gasteiger partial charge in [0.1, 0.15) is 24.5 Å². The van der Waals surface area contributed by atoms with Gasteiger partial charge in [0, 0.05) is 6.54 Å². The van der Waals surface area contributed by atoms with Gasteiger partial charge in [-0.2, -0.15) is 9.97 Å². The molecule has 1 rings (SSSR count). The van der Waals surface area contributed by atoms with Gasteiger partial charge in [0.2, 0.25) is 5.95 Å². The van der Waals surface area contributed by atoms with Crippen molar-refractivity contribution in [2.75, 3.05) is 11.9 Å². The van der Waals surface area contributed by atoms with Crippen LogP contribution in [0.15, 0.2) is 0 Å². The third-order valence-corrected chi connectivity index (χ3v) is 4.16. The fourth-order valence-corrected chi connectivity index (χ4v) is 2.79. The van der Waals surface area contributed by atoms with Crippen molar-refractivity contribution in [1.82, 2.24) is 15.0 Å². The second-order valence-corrected chi connectivity index (χ2v) is 6.74. The molecule has 0 amide bonds. The van der Waals surface area contributed by atoms with E-state index in [1.54, 1.807) is 0 Å². The van der Waals surface area contributed by atoms with E-state index in [0.29, 0.717) is 6.54 Å². The maximum atomic E-state index is 10.8. The molecule has 0 spiro atoms. The zero-order chi connectivity index (χ0) is 19.9. The molecule has 0 atom stereocenters. The zero-order valence-electron chi connectivity index (χ0n) is 16.2. The van der Waals surface area contributed by atoms with Gasteiger partial charge in [-0.05, 0) is 6.42 Å². The van der Waals surface area contributed by atoms with Crippen LogP contribution in [0.3, 0.4) is 0 Å². The minimum Gasteiger partial charge on any atom is -0.481 e. The van der Waals surface area contributed by atoms with Crippen molar-refractivity contribution in [3.8, 4) is 0 Å². The van der Waals surface area contributed by atoms with Crippen LogP contribution in [0, 0.1) is 0 Å². The molecular formula is C19H32N4O4. The second-order valence-electron chi connectivity index (χ2n) is 6.74. The molecule has 3 N–H and O–H groups in total. The summed E-state index contributed by atoms with van der Waals surface area (Å²) in [5, 5.41) is 20.8. The highest BCUT2D eigenvalue weighted by atomic mass is 16.4. The monoisotopic (exact) mass is 380 g/mol. The summed E-state index contributed by atoms with van der Waals surface area (Å²) in [7, 11) is 0. The first-order valence-electron chi connectivity index (χ1n) is 9.92. The Morgan fingerprint density at radius 2 is 1.19 bits per heavy atom. The molecular weight excluding hydrogens is 348 g/mol. The molecule has 152 valence electrons. The van der Waals surface area contributed by atoms with Crippen LogP contribution in [0.4, 0.5) is 5.95 Å². The van der Waals surface area contributed by atoms with E-state index in [1.165, 1.54) is 51.4 Å². The number of unbranched alkanes of at least 4 members (excludes halogenated alkanes) is 9. The van der Waals surface area contributed by atoms with Gasteiger partial charge in [0.05, 0.1) is 0 Å². The Balaban J connectivity index is 2.28. The number of carbonyl (C=O) groups is 2. The summed E-state index contributed by atoms with van der Waals surface area (Å²) in [5.41, 5.74) is 0. The Morgan fingerprint density at radius 1 is 0.741 bits per heavy atom. The average Bonchev–Trinajstić information content (AvgIpc) is 2.58. The van der Waals surface area contributed by atoms with Crippen LogP contribution in [-0.4, -0.2) is 43.6 Å². The Morgan fingerprint density at radius 3 is 1.63 bits per heavy atom. The highest BCUT2D eigenvalue weighted by Crippen LogP contribution is 2.11. The first-order valence-corrected chi connectivity index (χ1v) is 9.92. The minimum atomic E-state index is -1.07. The summed E-state index contributed by atoms with van der Waals surface area (Å²) >= 11 is 0. The lowest BCUT2D eigenvalue weighted by atomic mass is 10.1. The standard InChI is InChI=1S/C19H32N4O4/c1-2-3-4-5-6-7-8-9-10-11-12-20-19-22-15(13-17(24)25)21-16(23-19)14-18(26)27/h2-14H2,1H3,(H,24,25)(H,26,27)(H,20,21,22,23). The first-order chi connectivity index (χ1) is 13.0. The molecule has 8 nitrogen and oxygen atoms in total. The molecule has 0 aromatic carbocycles. The Bertz CT molecular complexity index is 547. The maximum absolute atomic E-state index is 10.8. The Labute approximate surface area is 160 Å². The summed E-state index contributed by atoms with van der Waals surface area (Å²) in [5.74, 6) is -1.75. The van der Waals surface area contributed by atoms with E-state index >= 15 is 0 Å². The Kier molecular flexibility index (Phi) is 11.7. The highest BCUT2D eigenvalue weighted by molar-refractivity contribution is 5.70. The number of nitrogens with one attached hydrogen (secondary N) is 1. The van der Waals surface area contributed by atoms with E-state index in [2.05, 4.69) is 27.2 Å². The van der Waals surface area contributed by atoms with Gasteiger partial charge < -0.3 is 15.5 Å². The number of aromatic nitrogens is 3. The van der Waals surface area contributed by atoms with E-state index in [1.807, 2.05) is 0 Å². The van der Waals surface area contributed by atoms with E-state index < -0.39 is 11.9 Å². The number of hydrogen-bond acceptors (Lipinski definition) is 6. The molecule has 1 aromatic rings. The van der Waals surface area contributed by atoms with Gasteiger partial charge >= 0.3 is 11.9 Å². The van der Waals surface area contributed by atoms with Crippen LogP contribution >= 0.6 is 0 Å². The van der Waals surface area contributed by atoms with Crippen molar-refractivity contribution < 1.29 is 19.8 Å². The van der Waals surface area contributed by atoms with Gasteiger partial charge in [-0.25, -0.2) is 4.98 Å². The summed E-state index contributed by atoms with van der Waals surface area (Å²) < 4.78 is 0. The third kappa shape index (κ3) is 11.9. The highest BCUT2D eigenvalue weighted by Gasteiger charge is 2.12. The number of carboxylic acid groups (broad SMARTS) is 2.